The molecule has 0 unspecified atom stereocenters. The number of aldehydes is 1. The highest BCUT2D eigenvalue weighted by Crippen LogP contribution is 2.41. The molecule has 2 heterocycles. The van der Waals surface area contributed by atoms with Crippen LogP contribution >= 0.6 is 11.3 Å². The number of amidine groups is 1. The first-order valence-electron chi connectivity index (χ1n) is 8.91. The van der Waals surface area contributed by atoms with Crippen LogP contribution in [0.4, 0.5) is 11.4 Å². The lowest BCUT2D eigenvalue weighted by Crippen LogP contribution is -2.21. The van der Waals surface area contributed by atoms with Crippen LogP contribution in [0.2, 0.25) is 0 Å². The maximum absolute atomic E-state index is 11.5. The van der Waals surface area contributed by atoms with Gasteiger partial charge in [-0.1, -0.05) is 30.9 Å². The van der Waals surface area contributed by atoms with Crippen LogP contribution in [0.5, 0.6) is 0 Å². The first-order valence-corrected chi connectivity index (χ1v) is 9.73. The summed E-state index contributed by atoms with van der Waals surface area (Å²) in [6.45, 7) is 14.9. The Kier molecular flexibility index (Phi) is 8.79. The number of hydrogen-bond acceptors (Lipinski definition) is 5. The number of hydrogen-bond donors (Lipinski definition) is 0. The van der Waals surface area contributed by atoms with Crippen molar-refractivity contribution in [3.8, 4) is 0 Å². The predicted octanol–water partition coefficient (Wildman–Crippen LogP) is 5.83. The van der Waals surface area contributed by atoms with Gasteiger partial charge in [-0.3, -0.25) is 4.79 Å². The molecule has 2 aromatic rings. The molecule has 6 heteroatoms. The minimum atomic E-state index is 0.604. The summed E-state index contributed by atoms with van der Waals surface area (Å²) in [5, 5.41) is 0.926. The molecule has 0 radical (unpaired) electrons. The van der Waals surface area contributed by atoms with Gasteiger partial charge in [0.1, 0.15) is 10.7 Å². The summed E-state index contributed by atoms with van der Waals surface area (Å²) >= 11 is 1.38. The molecular weight excluding hydrogens is 368 g/mol. The molecule has 0 amide bonds. The lowest BCUT2D eigenvalue weighted by atomic mass is 10.2. The summed E-state index contributed by atoms with van der Waals surface area (Å²) in [5.74, 6) is 0.831. The number of fused-ring (bicyclic) bond motifs is 1. The third-order valence-corrected chi connectivity index (χ3v) is 5.23. The lowest BCUT2D eigenvalue weighted by molar-refractivity contribution is 0.112. The average molecular weight is 399 g/mol. The molecule has 0 fully saturated rings. The van der Waals surface area contributed by atoms with Crippen molar-refractivity contribution in [2.75, 3.05) is 26.0 Å². The highest BCUT2D eigenvalue weighted by atomic mass is 32.1. The molecule has 0 spiro atoms. The van der Waals surface area contributed by atoms with E-state index in [0.717, 1.165) is 39.3 Å². The average Bonchev–Trinajstić information content (AvgIpc) is 3.04. The fourth-order valence-electron chi connectivity index (χ4n) is 2.26. The molecule has 150 valence electrons. The van der Waals surface area contributed by atoms with E-state index in [1.807, 2.05) is 70.8 Å². The van der Waals surface area contributed by atoms with Crippen molar-refractivity contribution in [3.63, 3.8) is 0 Å². The summed E-state index contributed by atoms with van der Waals surface area (Å²) in [6, 6.07) is 1.94. The van der Waals surface area contributed by atoms with Gasteiger partial charge < -0.3 is 9.80 Å². The van der Waals surface area contributed by atoms with Gasteiger partial charge in [-0.05, 0) is 33.8 Å². The van der Waals surface area contributed by atoms with E-state index in [2.05, 4.69) is 18.1 Å². The zero-order valence-electron chi connectivity index (χ0n) is 17.9. The Morgan fingerprint density at radius 3 is 2.32 bits per heavy atom. The SMILES string of the molecule is C/C=C(\C)N(C)C(C)=Nc1c(C=O)sc2nccc(N(C)C)c12.C=CC(=C)C. The molecule has 0 bridgehead atoms. The second-order valence-electron chi connectivity index (χ2n) is 6.54. The first kappa shape index (κ1) is 23.3. The second-order valence-corrected chi connectivity index (χ2v) is 7.57. The van der Waals surface area contributed by atoms with Gasteiger partial charge in [-0.2, -0.15) is 0 Å². The number of carbonyl (C=O) groups excluding carboxylic acids is 1. The van der Waals surface area contributed by atoms with E-state index < -0.39 is 0 Å². The van der Waals surface area contributed by atoms with Crippen LogP contribution in [0, 0.1) is 0 Å². The van der Waals surface area contributed by atoms with Crippen LogP contribution in [-0.4, -0.2) is 43.1 Å². The van der Waals surface area contributed by atoms with Crippen molar-refractivity contribution in [3.05, 3.63) is 53.7 Å². The molecular formula is C22H30N4OS. The van der Waals surface area contributed by atoms with Crippen LogP contribution < -0.4 is 4.90 Å². The summed E-state index contributed by atoms with van der Waals surface area (Å²) in [7, 11) is 5.92. The smallest absolute Gasteiger partial charge is 0.162 e. The first-order chi connectivity index (χ1) is 13.2. The lowest BCUT2D eigenvalue weighted by Gasteiger charge is -2.19. The normalized spacial score (nSPS) is 11.5. The number of carbonyl (C=O) groups is 1. The molecule has 28 heavy (non-hydrogen) atoms. The largest absolute Gasteiger partial charge is 0.377 e. The molecule has 5 nitrogen and oxygen atoms in total. The molecule has 0 aromatic carbocycles. The van der Waals surface area contributed by atoms with Crippen molar-refractivity contribution < 1.29 is 4.79 Å². The number of thiophene rings is 1. The van der Waals surface area contributed by atoms with Crippen molar-refractivity contribution in [1.82, 2.24) is 9.88 Å². The second kappa shape index (κ2) is 10.6. The van der Waals surface area contributed by atoms with E-state index in [1.165, 1.54) is 11.3 Å². The summed E-state index contributed by atoms with van der Waals surface area (Å²) in [5.41, 5.74) is 3.83. The Morgan fingerprint density at radius 2 is 1.86 bits per heavy atom. The Morgan fingerprint density at radius 1 is 1.25 bits per heavy atom. The number of aromatic nitrogens is 1. The van der Waals surface area contributed by atoms with Gasteiger partial charge in [0.25, 0.3) is 0 Å². The number of aliphatic imine (C=N–C) groups is 1. The van der Waals surface area contributed by atoms with Crippen molar-refractivity contribution in [2.45, 2.75) is 27.7 Å². The van der Waals surface area contributed by atoms with Gasteiger partial charge in [0, 0.05) is 33.0 Å². The molecule has 0 aliphatic heterocycles. The molecule has 2 rings (SSSR count). The number of rotatable bonds is 5. The maximum Gasteiger partial charge on any atom is 0.162 e. The van der Waals surface area contributed by atoms with Crippen LogP contribution in [0.25, 0.3) is 10.2 Å². The van der Waals surface area contributed by atoms with Crippen molar-refractivity contribution >= 4 is 45.0 Å². The monoisotopic (exact) mass is 398 g/mol. The minimum Gasteiger partial charge on any atom is -0.377 e. The quantitative estimate of drug-likeness (QED) is 0.275. The van der Waals surface area contributed by atoms with E-state index in [0.29, 0.717) is 10.6 Å². The van der Waals surface area contributed by atoms with E-state index >= 15 is 0 Å². The van der Waals surface area contributed by atoms with E-state index in [-0.39, 0.29) is 0 Å². The third kappa shape index (κ3) is 5.63. The molecule has 0 aliphatic rings. The van der Waals surface area contributed by atoms with Gasteiger partial charge in [0.2, 0.25) is 0 Å². The number of pyridine rings is 1. The van der Waals surface area contributed by atoms with Gasteiger partial charge in [0.15, 0.2) is 6.29 Å². The van der Waals surface area contributed by atoms with Gasteiger partial charge in [-0.25, -0.2) is 9.98 Å². The van der Waals surface area contributed by atoms with Gasteiger partial charge >= 0.3 is 0 Å². The highest BCUT2D eigenvalue weighted by Gasteiger charge is 2.17. The Bertz CT molecular complexity index is 922. The molecule has 0 N–H and O–H groups in total. The Balaban J connectivity index is 0.000000696. The zero-order valence-corrected chi connectivity index (χ0v) is 18.7. The minimum absolute atomic E-state index is 0.604. The predicted molar refractivity (Wildman–Crippen MR) is 124 cm³/mol. The Labute approximate surface area is 172 Å². The van der Waals surface area contributed by atoms with Crippen molar-refractivity contribution in [1.29, 1.82) is 0 Å². The fourth-order valence-corrected chi connectivity index (χ4v) is 3.18. The van der Waals surface area contributed by atoms with Crippen LogP contribution in [0.1, 0.15) is 37.4 Å². The number of anilines is 1. The Hall–Kier alpha value is -2.73. The number of nitrogens with zero attached hydrogens (tertiary/aromatic N) is 4. The van der Waals surface area contributed by atoms with Crippen LogP contribution in [-0.2, 0) is 0 Å². The molecule has 0 aliphatic carbocycles. The topological polar surface area (TPSA) is 48.8 Å². The van der Waals surface area contributed by atoms with E-state index in [9.17, 15) is 4.79 Å². The van der Waals surface area contributed by atoms with Gasteiger partial charge in [-0.15, -0.1) is 11.3 Å². The summed E-state index contributed by atoms with van der Waals surface area (Å²) in [4.78, 5) is 26.1. The van der Waals surface area contributed by atoms with Gasteiger partial charge in [0.05, 0.1) is 21.6 Å². The fraction of sp³-hybridized carbons (Fsp3) is 0.318. The standard InChI is InChI=1S/C17H22N4OS.C5H8/c1-7-11(2)21(6)12(3)19-16-14(10-22)23-17-15(16)13(20(4)5)8-9-18-17;1-4-5(2)3/h7-10H,1-6H3;4H,1-2H2,3H3/b11-7+,19-12?;. The molecule has 0 saturated heterocycles. The van der Waals surface area contributed by atoms with Crippen LogP contribution in [0.15, 0.2) is 53.8 Å². The zero-order chi connectivity index (χ0) is 21.4. The third-order valence-electron chi connectivity index (χ3n) is 4.21. The van der Waals surface area contributed by atoms with E-state index in [4.69, 9.17) is 4.99 Å². The van der Waals surface area contributed by atoms with E-state index in [1.54, 1.807) is 12.3 Å². The highest BCUT2D eigenvalue weighted by molar-refractivity contribution is 7.21. The molecule has 0 saturated carbocycles. The molecule has 0 atom stereocenters. The van der Waals surface area contributed by atoms with Crippen LogP contribution in [0.3, 0.4) is 0 Å². The number of allylic oxidation sites excluding steroid dienone is 4. The molecule has 2 aromatic heterocycles. The maximum atomic E-state index is 11.5. The van der Waals surface area contributed by atoms with Crippen molar-refractivity contribution in [2.24, 2.45) is 4.99 Å². The summed E-state index contributed by atoms with van der Waals surface area (Å²) < 4.78 is 0. The summed E-state index contributed by atoms with van der Waals surface area (Å²) in [6.07, 6.45) is 6.37.